The van der Waals surface area contributed by atoms with Gasteiger partial charge in [0, 0.05) is 38.0 Å². The average molecular weight is 463 g/mol. The zero-order chi connectivity index (χ0) is 16.4. The van der Waals surface area contributed by atoms with Crippen molar-refractivity contribution in [1.29, 1.82) is 0 Å². The molecule has 0 spiro atoms. The van der Waals surface area contributed by atoms with Gasteiger partial charge in [-0.25, -0.2) is 4.98 Å². The van der Waals surface area contributed by atoms with Crippen molar-refractivity contribution in [1.82, 2.24) is 20.2 Å². The first kappa shape index (κ1) is 25.9. The van der Waals surface area contributed by atoms with Gasteiger partial charge in [0.15, 0.2) is 5.16 Å². The summed E-state index contributed by atoms with van der Waals surface area (Å²) < 4.78 is 0. The molecule has 26 heavy (non-hydrogen) atoms. The molecule has 5 nitrogen and oxygen atoms in total. The minimum absolute atomic E-state index is 0. The number of anilines is 1. The number of piperazine rings is 1. The van der Waals surface area contributed by atoms with Gasteiger partial charge in [-0.05, 0) is 33.2 Å². The fraction of sp³-hybridized carbons (Fsp3) is 0.562. The van der Waals surface area contributed by atoms with Crippen LogP contribution in [0.15, 0.2) is 17.3 Å². The Morgan fingerprint density at radius 1 is 1.23 bits per heavy atom. The summed E-state index contributed by atoms with van der Waals surface area (Å²) in [4.78, 5) is 12.6. The van der Waals surface area contributed by atoms with Gasteiger partial charge >= 0.3 is 0 Å². The lowest BCUT2D eigenvalue weighted by Gasteiger charge is -2.30. The van der Waals surface area contributed by atoms with E-state index in [0.717, 1.165) is 58.8 Å². The normalized spacial score (nSPS) is 15.2. The molecule has 0 radical (unpaired) electrons. The molecule has 150 valence electrons. The van der Waals surface area contributed by atoms with Gasteiger partial charge in [-0.1, -0.05) is 23.4 Å². The zero-order valence-corrected chi connectivity index (χ0v) is 19.1. The van der Waals surface area contributed by atoms with E-state index in [9.17, 15) is 0 Å². The smallest absolute Gasteiger partial charge is 0.166 e. The summed E-state index contributed by atoms with van der Waals surface area (Å²) in [5.41, 5.74) is 3.10. The van der Waals surface area contributed by atoms with Crippen molar-refractivity contribution in [3.63, 3.8) is 0 Å². The van der Waals surface area contributed by atoms with Gasteiger partial charge in [0.1, 0.15) is 0 Å². The van der Waals surface area contributed by atoms with Gasteiger partial charge in [-0.3, -0.25) is 0 Å². The topological polar surface area (TPSA) is 47.2 Å². The minimum Gasteiger partial charge on any atom is -0.368 e. The molecule has 0 saturated carbocycles. The molecule has 1 aliphatic rings. The number of rotatable bonds is 5. The van der Waals surface area contributed by atoms with E-state index in [0.29, 0.717) is 6.04 Å². The van der Waals surface area contributed by atoms with E-state index in [-0.39, 0.29) is 37.2 Å². The first-order chi connectivity index (χ1) is 11.0. The summed E-state index contributed by atoms with van der Waals surface area (Å²) >= 11 is 8.24. The fourth-order valence-corrected chi connectivity index (χ4v) is 3.88. The minimum atomic E-state index is 0. The molecular weight excluding hydrogens is 436 g/mol. The number of thioether (sulfide) groups is 1. The molecule has 10 heteroatoms. The third-order valence-electron chi connectivity index (χ3n) is 4.33. The number of hydrogen-bond acceptors (Lipinski definition) is 5. The molecule has 1 aliphatic heterocycles. The zero-order valence-electron chi connectivity index (χ0n) is 15.1. The molecule has 0 amide bonds. The first-order valence-electron chi connectivity index (χ1n) is 7.99. The number of H-pyrrole nitrogens is 1. The van der Waals surface area contributed by atoms with Crippen molar-refractivity contribution in [2.75, 3.05) is 50.9 Å². The van der Waals surface area contributed by atoms with E-state index in [1.165, 1.54) is 0 Å². The number of hydrogen-bond donors (Lipinski definition) is 2. The van der Waals surface area contributed by atoms with Crippen LogP contribution in [0.1, 0.15) is 6.92 Å². The molecule has 2 heterocycles. The van der Waals surface area contributed by atoms with Crippen LogP contribution >= 0.6 is 60.6 Å². The van der Waals surface area contributed by atoms with Crippen molar-refractivity contribution in [3.8, 4) is 0 Å². The van der Waals surface area contributed by atoms with E-state index >= 15 is 0 Å². The van der Waals surface area contributed by atoms with Gasteiger partial charge in [-0.2, -0.15) is 0 Å². The molecule has 1 saturated heterocycles. The summed E-state index contributed by atoms with van der Waals surface area (Å²) in [7, 11) is 4.20. The second-order valence-corrected chi connectivity index (χ2v) is 7.64. The molecule has 0 aliphatic carbocycles. The van der Waals surface area contributed by atoms with E-state index in [4.69, 9.17) is 11.6 Å². The van der Waals surface area contributed by atoms with Gasteiger partial charge in [0.25, 0.3) is 0 Å². The summed E-state index contributed by atoms with van der Waals surface area (Å²) in [5, 5.41) is 5.11. The Bertz CT molecular complexity index is 676. The highest BCUT2D eigenvalue weighted by atomic mass is 35.5. The number of benzene rings is 1. The Labute approximate surface area is 183 Å². The van der Waals surface area contributed by atoms with Gasteiger partial charge in [0.2, 0.25) is 0 Å². The Balaban J connectivity index is 0.00000208. The lowest BCUT2D eigenvalue weighted by Crippen LogP contribution is -2.43. The van der Waals surface area contributed by atoms with Crippen LogP contribution in [0.4, 0.5) is 5.69 Å². The van der Waals surface area contributed by atoms with Gasteiger partial charge in [-0.15, -0.1) is 37.2 Å². The molecule has 2 N–H and O–H groups in total. The average Bonchev–Trinajstić information content (AvgIpc) is 2.94. The van der Waals surface area contributed by atoms with Crippen molar-refractivity contribution < 1.29 is 0 Å². The van der Waals surface area contributed by atoms with Gasteiger partial charge in [0.05, 0.1) is 21.7 Å². The van der Waals surface area contributed by atoms with E-state index in [1.54, 1.807) is 11.8 Å². The Kier molecular flexibility index (Phi) is 11.7. The van der Waals surface area contributed by atoms with Crippen LogP contribution in [-0.2, 0) is 0 Å². The van der Waals surface area contributed by atoms with Crippen LogP contribution in [0.3, 0.4) is 0 Å². The second-order valence-electron chi connectivity index (χ2n) is 6.22. The summed E-state index contributed by atoms with van der Waals surface area (Å²) in [6.45, 7) is 6.19. The highest BCUT2D eigenvalue weighted by molar-refractivity contribution is 7.99. The quantitative estimate of drug-likeness (QED) is 0.659. The summed E-state index contributed by atoms with van der Waals surface area (Å²) in [6, 6.07) is 4.62. The highest BCUT2D eigenvalue weighted by Crippen LogP contribution is 2.31. The Morgan fingerprint density at radius 3 is 2.50 bits per heavy atom. The molecule has 3 rings (SSSR count). The van der Waals surface area contributed by atoms with Crippen LogP contribution < -0.4 is 10.2 Å². The SMILES string of the molecule is CC(CSc1nc2cc(Cl)c(N3CCNCC3)cc2[nH]1)N(C)C.Cl.Cl.Cl. The molecule has 2 aromatic rings. The number of halogens is 4. The largest absolute Gasteiger partial charge is 0.368 e. The van der Waals surface area contributed by atoms with Crippen LogP contribution in [-0.4, -0.2) is 66.9 Å². The summed E-state index contributed by atoms with van der Waals surface area (Å²) in [5.74, 6) is 1.01. The third kappa shape index (κ3) is 6.23. The number of nitrogens with zero attached hydrogens (tertiary/aromatic N) is 3. The predicted molar refractivity (Wildman–Crippen MR) is 122 cm³/mol. The standard InChI is InChI=1S/C16H24ClN5S.3ClH/c1-11(21(2)3)10-23-16-19-13-8-12(17)15(9-14(13)20-16)22-6-4-18-5-7-22;;;/h8-9,11,18H,4-7,10H2,1-3H3,(H,19,20);3*1H. The second kappa shape index (κ2) is 11.7. The van der Waals surface area contributed by atoms with Crippen LogP contribution in [0, 0.1) is 0 Å². The van der Waals surface area contributed by atoms with E-state index < -0.39 is 0 Å². The molecule has 0 bridgehead atoms. The van der Waals surface area contributed by atoms with Crippen LogP contribution in [0.2, 0.25) is 5.02 Å². The van der Waals surface area contributed by atoms with Crippen molar-refractivity contribution in [3.05, 3.63) is 17.2 Å². The Hall–Kier alpha value is -0.0800. The molecule has 1 unspecified atom stereocenters. The fourth-order valence-electron chi connectivity index (χ4n) is 2.56. The summed E-state index contributed by atoms with van der Waals surface area (Å²) in [6.07, 6.45) is 0. The van der Waals surface area contributed by atoms with E-state index in [1.807, 2.05) is 6.07 Å². The van der Waals surface area contributed by atoms with Crippen LogP contribution in [0.5, 0.6) is 0 Å². The Morgan fingerprint density at radius 2 is 1.88 bits per heavy atom. The predicted octanol–water partition coefficient (Wildman–Crippen LogP) is 3.93. The molecular formula is C16H27Cl4N5S. The van der Waals surface area contributed by atoms with Crippen molar-refractivity contribution in [2.24, 2.45) is 0 Å². The van der Waals surface area contributed by atoms with Crippen molar-refractivity contribution >= 4 is 77.3 Å². The maximum absolute atomic E-state index is 6.49. The maximum Gasteiger partial charge on any atom is 0.166 e. The third-order valence-corrected chi connectivity index (χ3v) is 5.75. The molecule has 1 aromatic carbocycles. The van der Waals surface area contributed by atoms with Crippen molar-refractivity contribution in [2.45, 2.75) is 18.1 Å². The lowest BCUT2D eigenvalue weighted by atomic mass is 10.2. The molecule has 1 atom stereocenters. The number of fused-ring (bicyclic) bond motifs is 1. The lowest BCUT2D eigenvalue weighted by molar-refractivity contribution is 0.340. The monoisotopic (exact) mass is 461 g/mol. The van der Waals surface area contributed by atoms with E-state index in [2.05, 4.69) is 52.2 Å². The number of nitrogens with one attached hydrogen (secondary N) is 2. The highest BCUT2D eigenvalue weighted by Gasteiger charge is 2.16. The van der Waals surface area contributed by atoms with Crippen LogP contribution in [0.25, 0.3) is 11.0 Å². The first-order valence-corrected chi connectivity index (χ1v) is 9.35. The number of aromatic nitrogens is 2. The maximum atomic E-state index is 6.49. The van der Waals surface area contributed by atoms with Gasteiger partial charge < -0.3 is 20.1 Å². The number of imidazole rings is 1. The number of aromatic amines is 1. The molecule has 1 fully saturated rings. The molecule has 1 aromatic heterocycles.